The molecular weight excluding hydrogens is 257 g/mol. The minimum absolute atomic E-state index is 0.0456. The number of aliphatic hydroxyl groups is 1. The van der Waals surface area contributed by atoms with Gasteiger partial charge in [0, 0.05) is 0 Å². The number of hydrogen-bond donors (Lipinski definition) is 2. The summed E-state index contributed by atoms with van der Waals surface area (Å²) in [6, 6.07) is 14.9. The van der Waals surface area contributed by atoms with E-state index in [4.69, 9.17) is 0 Å². The fourth-order valence-electron chi connectivity index (χ4n) is 1.98. The van der Waals surface area contributed by atoms with Gasteiger partial charge in [-0.05, 0) is 17.2 Å². The first-order valence-corrected chi connectivity index (χ1v) is 6.39. The number of rotatable bonds is 5. The second-order valence-electron chi connectivity index (χ2n) is 4.48. The zero-order chi connectivity index (χ0) is 14.4. The highest BCUT2D eigenvalue weighted by atomic mass is 19.1. The number of aliphatic hydroxyl groups excluding tert-OH is 1. The fraction of sp³-hybridized carbons (Fsp3) is 0.188. The molecule has 3 nitrogen and oxygen atoms in total. The maximum Gasteiger partial charge on any atom is 0.225 e. The van der Waals surface area contributed by atoms with E-state index in [0.29, 0.717) is 5.56 Å². The highest BCUT2D eigenvalue weighted by molar-refractivity contribution is 5.79. The summed E-state index contributed by atoms with van der Waals surface area (Å²) < 4.78 is 13.5. The molecule has 4 heteroatoms. The normalized spacial score (nSPS) is 11.9. The van der Waals surface area contributed by atoms with Crippen LogP contribution in [0.15, 0.2) is 54.6 Å². The molecule has 0 unspecified atom stereocenters. The molecule has 0 bridgehead atoms. The molecule has 0 saturated carbocycles. The number of amides is 1. The Bertz CT molecular complexity index is 572. The highest BCUT2D eigenvalue weighted by Crippen LogP contribution is 2.13. The minimum atomic E-state index is -0.476. The topological polar surface area (TPSA) is 49.3 Å². The van der Waals surface area contributed by atoms with Gasteiger partial charge in [0.2, 0.25) is 5.91 Å². The van der Waals surface area contributed by atoms with Gasteiger partial charge in [0.05, 0.1) is 19.1 Å². The van der Waals surface area contributed by atoms with Crippen molar-refractivity contribution in [3.8, 4) is 0 Å². The molecule has 0 spiro atoms. The van der Waals surface area contributed by atoms with Gasteiger partial charge in [-0.2, -0.15) is 0 Å². The van der Waals surface area contributed by atoms with E-state index in [2.05, 4.69) is 5.32 Å². The summed E-state index contributed by atoms with van der Waals surface area (Å²) in [5.41, 5.74) is 1.16. The van der Waals surface area contributed by atoms with Gasteiger partial charge in [0.25, 0.3) is 0 Å². The van der Waals surface area contributed by atoms with Gasteiger partial charge in [-0.3, -0.25) is 4.79 Å². The van der Waals surface area contributed by atoms with E-state index < -0.39 is 11.9 Å². The molecule has 0 aromatic heterocycles. The average Bonchev–Trinajstić information content (AvgIpc) is 2.48. The van der Waals surface area contributed by atoms with Crippen LogP contribution in [0.25, 0.3) is 0 Å². The van der Waals surface area contributed by atoms with Gasteiger partial charge in [-0.25, -0.2) is 4.39 Å². The summed E-state index contributed by atoms with van der Waals surface area (Å²) in [6.07, 6.45) is -0.0456. The third-order valence-electron chi connectivity index (χ3n) is 3.03. The van der Waals surface area contributed by atoms with Crippen LogP contribution in [0.5, 0.6) is 0 Å². The zero-order valence-electron chi connectivity index (χ0n) is 10.9. The van der Waals surface area contributed by atoms with Crippen molar-refractivity contribution in [1.82, 2.24) is 5.32 Å². The van der Waals surface area contributed by atoms with Crippen molar-refractivity contribution in [2.45, 2.75) is 12.5 Å². The molecule has 1 atom stereocenters. The highest BCUT2D eigenvalue weighted by Gasteiger charge is 2.14. The summed E-state index contributed by atoms with van der Waals surface area (Å²) in [6.45, 7) is -0.201. The monoisotopic (exact) mass is 273 g/mol. The van der Waals surface area contributed by atoms with Crippen LogP contribution in [0, 0.1) is 5.82 Å². The molecule has 0 aliphatic heterocycles. The van der Waals surface area contributed by atoms with Crippen molar-refractivity contribution >= 4 is 5.91 Å². The number of benzene rings is 2. The molecule has 2 N–H and O–H groups in total. The first kappa shape index (κ1) is 14.2. The standard InChI is InChI=1S/C16H16FNO2/c17-14-9-5-4-8-13(14)10-16(20)18-15(11-19)12-6-2-1-3-7-12/h1-9,15,19H,10-11H2,(H,18,20)/t15-/m1/s1. The van der Waals surface area contributed by atoms with E-state index >= 15 is 0 Å². The third-order valence-corrected chi connectivity index (χ3v) is 3.03. The first-order valence-electron chi connectivity index (χ1n) is 6.39. The lowest BCUT2D eigenvalue weighted by Gasteiger charge is -2.16. The van der Waals surface area contributed by atoms with Gasteiger partial charge in [0.1, 0.15) is 5.82 Å². The van der Waals surface area contributed by atoms with Crippen molar-refractivity contribution < 1.29 is 14.3 Å². The Hall–Kier alpha value is -2.20. The van der Waals surface area contributed by atoms with Crippen LogP contribution < -0.4 is 5.32 Å². The van der Waals surface area contributed by atoms with E-state index in [9.17, 15) is 14.3 Å². The molecule has 0 heterocycles. The van der Waals surface area contributed by atoms with Crippen molar-refractivity contribution in [1.29, 1.82) is 0 Å². The van der Waals surface area contributed by atoms with Gasteiger partial charge < -0.3 is 10.4 Å². The Balaban J connectivity index is 2.02. The third kappa shape index (κ3) is 3.65. The number of halogens is 1. The molecular formula is C16H16FNO2. The zero-order valence-corrected chi connectivity index (χ0v) is 10.9. The summed E-state index contributed by atoms with van der Waals surface area (Å²) >= 11 is 0. The molecule has 2 rings (SSSR count). The lowest BCUT2D eigenvalue weighted by molar-refractivity contribution is -0.121. The number of carbonyl (C=O) groups excluding carboxylic acids is 1. The van der Waals surface area contributed by atoms with Crippen LogP contribution >= 0.6 is 0 Å². The molecule has 20 heavy (non-hydrogen) atoms. The van der Waals surface area contributed by atoms with Crippen molar-refractivity contribution in [3.05, 3.63) is 71.5 Å². The molecule has 0 radical (unpaired) electrons. The smallest absolute Gasteiger partial charge is 0.225 e. The van der Waals surface area contributed by atoms with E-state index in [1.165, 1.54) is 6.07 Å². The van der Waals surface area contributed by atoms with Crippen LogP contribution in [-0.4, -0.2) is 17.6 Å². The Labute approximate surface area is 117 Å². The SMILES string of the molecule is O=C(Cc1ccccc1F)N[C@H](CO)c1ccccc1. The quantitative estimate of drug-likeness (QED) is 0.877. The fourth-order valence-corrected chi connectivity index (χ4v) is 1.98. The number of carbonyl (C=O) groups is 1. The maximum absolute atomic E-state index is 13.5. The summed E-state index contributed by atoms with van der Waals surface area (Å²) in [5, 5.41) is 12.1. The summed E-state index contributed by atoms with van der Waals surface area (Å²) in [7, 11) is 0. The Kier molecular flexibility index (Phi) is 4.85. The minimum Gasteiger partial charge on any atom is -0.394 e. The Morgan fingerprint density at radius 2 is 1.75 bits per heavy atom. The lowest BCUT2D eigenvalue weighted by Crippen LogP contribution is -2.32. The predicted molar refractivity (Wildman–Crippen MR) is 74.5 cm³/mol. The molecule has 2 aromatic carbocycles. The summed E-state index contributed by atoms with van der Waals surface area (Å²) in [4.78, 5) is 11.9. The first-order chi connectivity index (χ1) is 9.70. The Morgan fingerprint density at radius 1 is 1.10 bits per heavy atom. The van der Waals surface area contributed by atoms with Gasteiger partial charge in [0.15, 0.2) is 0 Å². The van der Waals surface area contributed by atoms with Crippen LogP contribution in [0.1, 0.15) is 17.2 Å². The number of hydrogen-bond acceptors (Lipinski definition) is 2. The van der Waals surface area contributed by atoms with Crippen LogP contribution in [0.3, 0.4) is 0 Å². The Morgan fingerprint density at radius 3 is 2.40 bits per heavy atom. The lowest BCUT2D eigenvalue weighted by atomic mass is 10.1. The van der Waals surface area contributed by atoms with E-state index in [0.717, 1.165) is 5.56 Å². The average molecular weight is 273 g/mol. The summed E-state index contributed by atoms with van der Waals surface area (Å²) in [5.74, 6) is -0.721. The van der Waals surface area contributed by atoms with Crippen LogP contribution in [-0.2, 0) is 11.2 Å². The van der Waals surface area contributed by atoms with Crippen LogP contribution in [0.4, 0.5) is 4.39 Å². The van der Waals surface area contributed by atoms with E-state index in [-0.39, 0.29) is 18.9 Å². The van der Waals surface area contributed by atoms with Gasteiger partial charge >= 0.3 is 0 Å². The van der Waals surface area contributed by atoms with Crippen molar-refractivity contribution in [3.63, 3.8) is 0 Å². The largest absolute Gasteiger partial charge is 0.394 e. The van der Waals surface area contributed by atoms with Crippen LogP contribution in [0.2, 0.25) is 0 Å². The second-order valence-corrected chi connectivity index (χ2v) is 4.48. The predicted octanol–water partition coefficient (Wildman–Crippen LogP) is 2.22. The molecule has 1 amide bonds. The van der Waals surface area contributed by atoms with Crippen molar-refractivity contribution in [2.24, 2.45) is 0 Å². The molecule has 2 aromatic rings. The number of nitrogens with one attached hydrogen (secondary N) is 1. The molecule has 0 aliphatic carbocycles. The second kappa shape index (κ2) is 6.82. The maximum atomic E-state index is 13.5. The van der Waals surface area contributed by atoms with E-state index in [1.54, 1.807) is 18.2 Å². The van der Waals surface area contributed by atoms with E-state index in [1.807, 2.05) is 30.3 Å². The van der Waals surface area contributed by atoms with Gasteiger partial charge in [-0.1, -0.05) is 48.5 Å². The van der Waals surface area contributed by atoms with Gasteiger partial charge in [-0.15, -0.1) is 0 Å². The van der Waals surface area contributed by atoms with Crippen molar-refractivity contribution in [2.75, 3.05) is 6.61 Å². The molecule has 0 aliphatic rings. The molecule has 0 saturated heterocycles. The molecule has 0 fully saturated rings. The molecule has 104 valence electrons.